The second-order valence-electron chi connectivity index (χ2n) is 6.83. The fraction of sp³-hybridized carbons (Fsp3) is 0.526. The molecule has 0 unspecified atom stereocenters. The van der Waals surface area contributed by atoms with E-state index in [9.17, 15) is 8.42 Å². The first-order valence-electron chi connectivity index (χ1n) is 9.15. The molecule has 3 rings (SSSR count). The number of hydrogen-bond donors (Lipinski definition) is 0. The third-order valence-electron chi connectivity index (χ3n) is 5.08. The van der Waals surface area contributed by atoms with Gasteiger partial charge in [-0.25, -0.2) is 8.42 Å². The van der Waals surface area contributed by atoms with Crippen LogP contribution in [0.2, 0.25) is 0 Å². The average Bonchev–Trinajstić information content (AvgIpc) is 2.84. The molecule has 0 radical (unpaired) electrons. The smallest absolute Gasteiger partial charge is 0.243 e. The van der Waals surface area contributed by atoms with Crippen molar-refractivity contribution in [2.75, 3.05) is 26.2 Å². The highest BCUT2D eigenvalue weighted by molar-refractivity contribution is 7.89. The van der Waals surface area contributed by atoms with Gasteiger partial charge in [-0.2, -0.15) is 4.31 Å². The van der Waals surface area contributed by atoms with Crippen molar-refractivity contribution in [1.82, 2.24) is 14.4 Å². The minimum atomic E-state index is -3.44. The molecule has 1 aliphatic heterocycles. The van der Waals surface area contributed by atoms with Crippen LogP contribution < -0.4 is 0 Å². The van der Waals surface area contributed by atoms with Gasteiger partial charge in [0, 0.05) is 31.7 Å². The van der Waals surface area contributed by atoms with E-state index in [1.165, 1.54) is 0 Å². The molecule has 0 saturated carbocycles. The van der Waals surface area contributed by atoms with Crippen LogP contribution in [0, 0.1) is 13.8 Å². The molecule has 0 spiro atoms. The molecule has 0 amide bonds. The second-order valence-corrected chi connectivity index (χ2v) is 8.77. The third kappa shape index (κ3) is 4.00. The average molecular weight is 378 g/mol. The molecule has 2 aromatic rings. The van der Waals surface area contributed by atoms with Crippen molar-refractivity contribution in [3.05, 3.63) is 46.8 Å². The zero-order chi connectivity index (χ0) is 18.7. The molecule has 1 aromatic carbocycles. The highest BCUT2D eigenvalue weighted by atomic mass is 32.2. The minimum Gasteiger partial charge on any atom is -0.361 e. The summed E-state index contributed by atoms with van der Waals surface area (Å²) >= 11 is 0. The van der Waals surface area contributed by atoms with E-state index in [0.717, 1.165) is 48.5 Å². The molecule has 6 nitrogen and oxygen atoms in total. The molecule has 1 aliphatic rings. The maximum absolute atomic E-state index is 13.0. The Bertz CT molecular complexity index is 824. The van der Waals surface area contributed by atoms with Crippen LogP contribution >= 0.6 is 0 Å². The number of aromatic nitrogens is 1. The second kappa shape index (κ2) is 7.90. The normalized spacial score (nSPS) is 17.3. The molecule has 0 N–H and O–H groups in total. The maximum atomic E-state index is 13.0. The monoisotopic (exact) mass is 377 g/mol. The Hall–Kier alpha value is -1.70. The highest BCUT2D eigenvalue weighted by Gasteiger charge is 2.27. The van der Waals surface area contributed by atoms with E-state index in [-0.39, 0.29) is 0 Å². The lowest BCUT2D eigenvalue weighted by Gasteiger charge is -2.21. The van der Waals surface area contributed by atoms with Crippen molar-refractivity contribution in [2.45, 2.75) is 45.1 Å². The van der Waals surface area contributed by atoms with E-state index in [0.29, 0.717) is 24.5 Å². The predicted octanol–water partition coefficient (Wildman–Crippen LogP) is 2.75. The summed E-state index contributed by atoms with van der Waals surface area (Å²) in [7, 11) is -3.44. The highest BCUT2D eigenvalue weighted by Crippen LogP contribution is 2.20. The van der Waals surface area contributed by atoms with Crippen molar-refractivity contribution in [2.24, 2.45) is 0 Å². The van der Waals surface area contributed by atoms with Crippen molar-refractivity contribution in [3.63, 3.8) is 0 Å². The first-order valence-corrected chi connectivity index (χ1v) is 10.6. The van der Waals surface area contributed by atoms with Gasteiger partial charge in [-0.3, -0.25) is 4.90 Å². The Morgan fingerprint density at radius 3 is 2.42 bits per heavy atom. The van der Waals surface area contributed by atoms with Gasteiger partial charge < -0.3 is 4.52 Å². The molecule has 26 heavy (non-hydrogen) atoms. The zero-order valence-electron chi connectivity index (χ0n) is 15.7. The topological polar surface area (TPSA) is 66.7 Å². The van der Waals surface area contributed by atoms with Crippen LogP contribution in [0.5, 0.6) is 0 Å². The number of nitrogens with zero attached hydrogens (tertiary/aromatic N) is 3. The molecule has 1 aromatic heterocycles. The van der Waals surface area contributed by atoms with E-state index >= 15 is 0 Å². The van der Waals surface area contributed by atoms with Gasteiger partial charge in [0.1, 0.15) is 5.76 Å². The van der Waals surface area contributed by atoms with E-state index in [1.807, 2.05) is 26.0 Å². The van der Waals surface area contributed by atoms with Crippen LogP contribution in [0.3, 0.4) is 0 Å². The Morgan fingerprint density at radius 2 is 1.81 bits per heavy atom. The van der Waals surface area contributed by atoms with E-state index < -0.39 is 10.0 Å². The van der Waals surface area contributed by atoms with Gasteiger partial charge in [0.2, 0.25) is 10.0 Å². The minimum absolute atomic E-state index is 0.383. The predicted molar refractivity (Wildman–Crippen MR) is 100 cm³/mol. The first kappa shape index (κ1) is 19.1. The van der Waals surface area contributed by atoms with Crippen molar-refractivity contribution < 1.29 is 12.9 Å². The molecule has 2 heterocycles. The first-order chi connectivity index (χ1) is 12.4. The molecule has 1 fully saturated rings. The number of hydrogen-bond acceptors (Lipinski definition) is 5. The van der Waals surface area contributed by atoms with Crippen molar-refractivity contribution >= 4 is 10.0 Å². The van der Waals surface area contributed by atoms with Crippen LogP contribution in [0.4, 0.5) is 0 Å². The Balaban J connectivity index is 1.69. The van der Waals surface area contributed by atoms with Crippen LogP contribution in [0.25, 0.3) is 0 Å². The summed E-state index contributed by atoms with van der Waals surface area (Å²) < 4.78 is 32.8. The zero-order valence-corrected chi connectivity index (χ0v) is 16.6. The Labute approximate surface area is 155 Å². The molecular weight excluding hydrogens is 350 g/mol. The summed E-state index contributed by atoms with van der Waals surface area (Å²) in [6, 6.07) is 7.24. The number of aryl methyl sites for hydroxylation is 3. The summed E-state index contributed by atoms with van der Waals surface area (Å²) in [5.74, 6) is 0.840. The van der Waals surface area contributed by atoms with E-state index in [4.69, 9.17) is 4.52 Å². The molecule has 142 valence electrons. The molecule has 1 saturated heterocycles. The van der Waals surface area contributed by atoms with Crippen LogP contribution in [-0.2, 0) is 23.0 Å². The molecule has 0 atom stereocenters. The number of sulfonamides is 1. The lowest BCUT2D eigenvalue weighted by molar-refractivity contribution is 0.276. The van der Waals surface area contributed by atoms with Crippen molar-refractivity contribution in [3.8, 4) is 0 Å². The fourth-order valence-electron chi connectivity index (χ4n) is 3.34. The van der Waals surface area contributed by atoms with Crippen LogP contribution in [0.15, 0.2) is 33.7 Å². The molecule has 0 aliphatic carbocycles. The summed E-state index contributed by atoms with van der Waals surface area (Å²) in [6.45, 7) is 9.30. The SMILES string of the molecule is CCc1ccc(S(=O)(=O)N2CCCN(Cc3c(C)noc3C)CC2)cc1. The summed E-state index contributed by atoms with van der Waals surface area (Å²) in [4.78, 5) is 2.66. The largest absolute Gasteiger partial charge is 0.361 e. The Morgan fingerprint density at radius 1 is 1.08 bits per heavy atom. The van der Waals surface area contributed by atoms with Gasteiger partial charge in [-0.1, -0.05) is 24.2 Å². The summed E-state index contributed by atoms with van der Waals surface area (Å²) in [5, 5.41) is 4.01. The third-order valence-corrected chi connectivity index (χ3v) is 6.99. The van der Waals surface area contributed by atoms with Gasteiger partial charge in [0.15, 0.2) is 0 Å². The van der Waals surface area contributed by atoms with Gasteiger partial charge in [0.25, 0.3) is 0 Å². The molecule has 7 heteroatoms. The lowest BCUT2D eigenvalue weighted by Crippen LogP contribution is -2.35. The summed E-state index contributed by atoms with van der Waals surface area (Å²) in [6.07, 6.45) is 1.72. The molecular formula is C19H27N3O3S. The number of rotatable bonds is 5. The quantitative estimate of drug-likeness (QED) is 0.801. The van der Waals surface area contributed by atoms with Gasteiger partial charge in [-0.05, 0) is 50.9 Å². The number of benzene rings is 1. The molecule has 0 bridgehead atoms. The Kier molecular flexibility index (Phi) is 5.79. The van der Waals surface area contributed by atoms with Gasteiger partial charge in [-0.15, -0.1) is 0 Å². The lowest BCUT2D eigenvalue weighted by atomic mass is 10.2. The van der Waals surface area contributed by atoms with E-state index in [1.54, 1.807) is 16.4 Å². The van der Waals surface area contributed by atoms with Gasteiger partial charge in [0.05, 0.1) is 10.6 Å². The van der Waals surface area contributed by atoms with E-state index in [2.05, 4.69) is 17.0 Å². The maximum Gasteiger partial charge on any atom is 0.243 e. The van der Waals surface area contributed by atoms with Crippen LogP contribution in [-0.4, -0.2) is 49.0 Å². The van der Waals surface area contributed by atoms with Crippen LogP contribution in [0.1, 0.15) is 35.9 Å². The fourth-order valence-corrected chi connectivity index (χ4v) is 4.81. The summed E-state index contributed by atoms with van der Waals surface area (Å²) in [5.41, 5.74) is 3.16. The van der Waals surface area contributed by atoms with Crippen molar-refractivity contribution in [1.29, 1.82) is 0 Å². The standard InChI is InChI=1S/C19H27N3O3S/c1-4-17-6-8-18(9-7-17)26(23,24)22-11-5-10-21(12-13-22)14-19-15(2)20-25-16(19)3/h6-9H,4-5,10-14H2,1-3H3. The van der Waals surface area contributed by atoms with Gasteiger partial charge >= 0.3 is 0 Å².